The minimum atomic E-state index is -3.19. The van der Waals surface area contributed by atoms with Crippen molar-refractivity contribution >= 4 is 23.6 Å². The molecule has 2 amide bonds. The SMILES string of the molecule is CC.CSc1ncc(C(=O)NNC(=O)C(F)F)cn1. The molecule has 0 saturated heterocycles. The molecule has 1 aromatic rings. The highest BCUT2D eigenvalue weighted by molar-refractivity contribution is 7.98. The molecule has 0 bridgehead atoms. The third-order valence-electron chi connectivity index (χ3n) is 1.57. The quantitative estimate of drug-likeness (QED) is 0.497. The van der Waals surface area contributed by atoms with Crippen molar-refractivity contribution < 1.29 is 18.4 Å². The fourth-order valence-electron chi connectivity index (χ4n) is 0.784. The van der Waals surface area contributed by atoms with E-state index in [1.54, 1.807) is 11.7 Å². The van der Waals surface area contributed by atoms with E-state index in [1.165, 1.54) is 24.2 Å². The van der Waals surface area contributed by atoms with Gasteiger partial charge in [0.15, 0.2) is 5.16 Å². The molecule has 9 heteroatoms. The lowest BCUT2D eigenvalue weighted by Gasteiger charge is -2.06. The summed E-state index contributed by atoms with van der Waals surface area (Å²) in [6, 6.07) is 0. The van der Waals surface area contributed by atoms with E-state index in [-0.39, 0.29) is 5.56 Å². The zero-order chi connectivity index (χ0) is 14.8. The number of halogens is 2. The number of nitrogens with zero attached hydrogens (tertiary/aromatic N) is 2. The normalized spacial score (nSPS) is 9.37. The first-order valence-electron chi connectivity index (χ1n) is 5.29. The lowest BCUT2D eigenvalue weighted by molar-refractivity contribution is -0.132. The first-order valence-corrected chi connectivity index (χ1v) is 6.51. The zero-order valence-electron chi connectivity index (χ0n) is 10.6. The Labute approximate surface area is 113 Å². The van der Waals surface area contributed by atoms with Crippen molar-refractivity contribution in [1.29, 1.82) is 0 Å². The molecule has 106 valence electrons. The molecule has 0 aliphatic carbocycles. The summed E-state index contributed by atoms with van der Waals surface area (Å²) in [6.45, 7) is 4.00. The van der Waals surface area contributed by atoms with E-state index in [9.17, 15) is 18.4 Å². The van der Waals surface area contributed by atoms with Gasteiger partial charge in [0, 0.05) is 12.4 Å². The van der Waals surface area contributed by atoms with Crippen LogP contribution in [0.2, 0.25) is 0 Å². The van der Waals surface area contributed by atoms with Crippen molar-refractivity contribution in [2.75, 3.05) is 6.26 Å². The van der Waals surface area contributed by atoms with Gasteiger partial charge in [0.05, 0.1) is 5.56 Å². The van der Waals surface area contributed by atoms with Crippen LogP contribution in [-0.2, 0) is 4.79 Å². The summed E-state index contributed by atoms with van der Waals surface area (Å²) in [6.07, 6.45) is 1.02. The van der Waals surface area contributed by atoms with Gasteiger partial charge in [-0.25, -0.2) is 9.97 Å². The second-order valence-corrected chi connectivity index (χ2v) is 3.48. The summed E-state index contributed by atoms with van der Waals surface area (Å²) < 4.78 is 23.6. The van der Waals surface area contributed by atoms with Crippen LogP contribution in [0, 0.1) is 0 Å². The lowest BCUT2D eigenvalue weighted by atomic mass is 10.3. The van der Waals surface area contributed by atoms with Crippen molar-refractivity contribution in [3.63, 3.8) is 0 Å². The number of nitrogens with one attached hydrogen (secondary N) is 2. The van der Waals surface area contributed by atoms with Crippen LogP contribution in [0.5, 0.6) is 0 Å². The van der Waals surface area contributed by atoms with Crippen LogP contribution in [0.25, 0.3) is 0 Å². The average Bonchev–Trinajstić information content (AvgIpc) is 2.46. The standard InChI is InChI=1S/C8H8F2N4O2S.C2H6/c1-17-8-11-2-4(3-12-8)6(15)13-14-7(16)5(9)10;1-2/h2-3,5H,1H3,(H,13,15)(H,14,16);1-2H3. The van der Waals surface area contributed by atoms with Crippen molar-refractivity contribution in [2.45, 2.75) is 25.4 Å². The Morgan fingerprint density at radius 2 is 1.74 bits per heavy atom. The second kappa shape index (κ2) is 9.20. The maximum atomic E-state index is 11.8. The molecule has 0 aromatic carbocycles. The first-order chi connectivity index (χ1) is 9.04. The van der Waals surface area contributed by atoms with Crippen LogP contribution in [0.1, 0.15) is 24.2 Å². The van der Waals surface area contributed by atoms with Crippen LogP contribution in [0.3, 0.4) is 0 Å². The second-order valence-electron chi connectivity index (χ2n) is 2.70. The molecule has 1 rings (SSSR count). The smallest absolute Gasteiger partial charge is 0.267 e. The number of carbonyl (C=O) groups is 2. The van der Waals surface area contributed by atoms with Gasteiger partial charge < -0.3 is 0 Å². The number of thioether (sulfide) groups is 1. The highest BCUT2D eigenvalue weighted by atomic mass is 32.2. The number of hydrazine groups is 1. The Morgan fingerprint density at radius 1 is 1.21 bits per heavy atom. The number of hydrogen-bond donors (Lipinski definition) is 2. The molecule has 0 saturated carbocycles. The van der Waals surface area contributed by atoms with Crippen LogP contribution in [0.15, 0.2) is 17.6 Å². The number of amides is 2. The Morgan fingerprint density at radius 3 is 2.16 bits per heavy atom. The molecule has 1 aromatic heterocycles. The van der Waals surface area contributed by atoms with Crippen molar-refractivity contribution in [3.05, 3.63) is 18.0 Å². The van der Waals surface area contributed by atoms with Crippen molar-refractivity contribution in [1.82, 2.24) is 20.8 Å². The van der Waals surface area contributed by atoms with Gasteiger partial charge >= 0.3 is 12.3 Å². The molecule has 0 unspecified atom stereocenters. The molecule has 6 nitrogen and oxygen atoms in total. The first kappa shape index (κ1) is 17.2. The maximum absolute atomic E-state index is 11.8. The highest BCUT2D eigenvalue weighted by Gasteiger charge is 2.16. The van der Waals surface area contributed by atoms with Crippen LogP contribution < -0.4 is 10.9 Å². The van der Waals surface area contributed by atoms with Gasteiger partial charge in [-0.15, -0.1) is 0 Å². The Bertz CT molecular complexity index is 414. The molecular weight excluding hydrogens is 278 g/mol. The summed E-state index contributed by atoms with van der Waals surface area (Å²) in [5.74, 6) is -2.35. The fourth-order valence-corrected chi connectivity index (χ4v) is 1.10. The summed E-state index contributed by atoms with van der Waals surface area (Å²) in [5, 5.41) is 0.471. The predicted molar refractivity (Wildman–Crippen MR) is 66.8 cm³/mol. The van der Waals surface area contributed by atoms with Gasteiger partial charge in [0.2, 0.25) is 0 Å². The van der Waals surface area contributed by atoms with E-state index >= 15 is 0 Å². The van der Waals surface area contributed by atoms with Crippen LogP contribution in [-0.4, -0.2) is 34.5 Å². The Balaban J connectivity index is 0.00000154. The molecule has 0 atom stereocenters. The van der Waals surface area contributed by atoms with Gasteiger partial charge in [0.1, 0.15) is 0 Å². The molecule has 0 aliphatic heterocycles. The Kier molecular flexibility index (Phi) is 8.34. The lowest BCUT2D eigenvalue weighted by Crippen LogP contribution is -2.44. The Hall–Kier alpha value is -1.77. The van der Waals surface area contributed by atoms with Gasteiger partial charge in [0.25, 0.3) is 5.91 Å². The minimum Gasteiger partial charge on any atom is -0.267 e. The van der Waals surface area contributed by atoms with E-state index in [1.807, 2.05) is 19.3 Å². The number of aromatic nitrogens is 2. The average molecular weight is 292 g/mol. The molecule has 2 N–H and O–H groups in total. The van der Waals surface area contributed by atoms with Crippen LogP contribution in [0.4, 0.5) is 8.78 Å². The van der Waals surface area contributed by atoms with Gasteiger partial charge in [-0.1, -0.05) is 25.6 Å². The number of carbonyl (C=O) groups excluding carboxylic acids is 2. The van der Waals surface area contributed by atoms with E-state index < -0.39 is 18.2 Å². The molecule has 0 fully saturated rings. The fraction of sp³-hybridized carbons (Fsp3) is 0.400. The number of hydrogen-bond acceptors (Lipinski definition) is 5. The van der Waals surface area contributed by atoms with E-state index in [0.29, 0.717) is 5.16 Å². The molecular formula is C10H14F2N4O2S. The van der Waals surface area contributed by atoms with Gasteiger partial charge in [-0.05, 0) is 6.26 Å². The summed E-state index contributed by atoms with van der Waals surface area (Å²) in [7, 11) is 0. The largest absolute Gasteiger partial charge is 0.317 e. The third-order valence-corrected chi connectivity index (χ3v) is 2.15. The molecule has 0 aliphatic rings. The van der Waals surface area contributed by atoms with Crippen molar-refractivity contribution in [3.8, 4) is 0 Å². The predicted octanol–water partition coefficient (Wildman–Crippen LogP) is 1.25. The minimum absolute atomic E-state index is 0.0531. The van der Waals surface area contributed by atoms with E-state index in [4.69, 9.17) is 0 Å². The van der Waals surface area contributed by atoms with Gasteiger partial charge in [-0.3, -0.25) is 20.4 Å². The molecule has 19 heavy (non-hydrogen) atoms. The number of alkyl halides is 2. The monoisotopic (exact) mass is 292 g/mol. The zero-order valence-corrected chi connectivity index (χ0v) is 11.4. The summed E-state index contributed by atoms with van der Waals surface area (Å²) in [5.41, 5.74) is 3.43. The molecule has 1 heterocycles. The number of rotatable bonds is 3. The van der Waals surface area contributed by atoms with Crippen LogP contribution >= 0.6 is 11.8 Å². The maximum Gasteiger partial charge on any atom is 0.317 e. The van der Waals surface area contributed by atoms with Gasteiger partial charge in [-0.2, -0.15) is 8.78 Å². The summed E-state index contributed by atoms with van der Waals surface area (Å²) >= 11 is 1.29. The topological polar surface area (TPSA) is 84.0 Å². The summed E-state index contributed by atoms with van der Waals surface area (Å²) in [4.78, 5) is 29.4. The van der Waals surface area contributed by atoms with Crippen molar-refractivity contribution in [2.24, 2.45) is 0 Å². The highest BCUT2D eigenvalue weighted by Crippen LogP contribution is 2.06. The molecule has 0 radical (unpaired) electrons. The van der Waals surface area contributed by atoms with E-state index in [2.05, 4.69) is 9.97 Å². The third kappa shape index (κ3) is 6.09. The molecule has 0 spiro atoms. The van der Waals surface area contributed by atoms with E-state index in [0.717, 1.165) is 0 Å².